The highest BCUT2D eigenvalue weighted by Gasteiger charge is 2.06. The molecule has 0 amide bonds. The number of aromatic nitrogens is 1. The van der Waals surface area contributed by atoms with Crippen molar-refractivity contribution in [2.75, 3.05) is 15.8 Å². The Hall–Kier alpha value is -2.59. The zero-order valence-electron chi connectivity index (χ0n) is 11.4. The van der Waals surface area contributed by atoms with Gasteiger partial charge in [0.25, 0.3) is 0 Å². The van der Waals surface area contributed by atoms with Gasteiger partial charge in [0.15, 0.2) is 0 Å². The Bertz CT molecular complexity index is 747. The summed E-state index contributed by atoms with van der Waals surface area (Å²) in [4.78, 5) is 4.13. The van der Waals surface area contributed by atoms with Gasteiger partial charge in [-0.15, -0.1) is 0 Å². The zero-order chi connectivity index (χ0) is 15.3. The summed E-state index contributed by atoms with van der Waals surface area (Å²) in [5.41, 5.74) is 1.79. The minimum Gasteiger partial charge on any atom is -0.340 e. The van der Waals surface area contributed by atoms with Crippen LogP contribution in [0.15, 0.2) is 42.6 Å². The van der Waals surface area contributed by atoms with E-state index in [0.717, 1.165) is 5.69 Å². The topological polar surface area (TPSA) is 94.9 Å². The number of hydrogen-bond acceptors (Lipinski definition) is 5. The van der Waals surface area contributed by atoms with Crippen LogP contribution in [0, 0.1) is 11.3 Å². The standard InChI is InChI=1S/C14H14N4O2S/c1-2-21(19,20)18-13-7-8-14(16-10-13)17-12-5-3-11(9-15)4-6-12/h3-8,10,18H,2H2,1H3,(H,16,17). The van der Waals surface area contributed by atoms with Crippen LogP contribution in [0.25, 0.3) is 0 Å². The fourth-order valence-corrected chi connectivity index (χ4v) is 2.18. The molecule has 0 saturated heterocycles. The summed E-state index contributed by atoms with van der Waals surface area (Å²) in [6, 6.07) is 12.3. The molecule has 6 nitrogen and oxygen atoms in total. The lowest BCUT2D eigenvalue weighted by Gasteiger charge is -2.08. The van der Waals surface area contributed by atoms with Crippen LogP contribution in [0.3, 0.4) is 0 Å². The van der Waals surface area contributed by atoms with E-state index in [2.05, 4.69) is 15.0 Å². The Morgan fingerprint density at radius 1 is 1.14 bits per heavy atom. The Morgan fingerprint density at radius 3 is 2.33 bits per heavy atom. The number of pyridine rings is 1. The number of nitrogens with one attached hydrogen (secondary N) is 2. The van der Waals surface area contributed by atoms with Crippen molar-refractivity contribution in [1.82, 2.24) is 4.98 Å². The lowest BCUT2D eigenvalue weighted by molar-refractivity contribution is 0.602. The molecule has 0 bridgehead atoms. The van der Waals surface area contributed by atoms with Crippen LogP contribution < -0.4 is 10.0 Å². The number of sulfonamides is 1. The van der Waals surface area contributed by atoms with Crippen LogP contribution in [0.4, 0.5) is 17.2 Å². The van der Waals surface area contributed by atoms with Crippen molar-refractivity contribution in [3.05, 3.63) is 48.2 Å². The SMILES string of the molecule is CCS(=O)(=O)Nc1ccc(Nc2ccc(C#N)cc2)nc1. The highest BCUT2D eigenvalue weighted by Crippen LogP contribution is 2.17. The van der Waals surface area contributed by atoms with E-state index in [9.17, 15) is 8.42 Å². The Kier molecular flexibility index (Phi) is 4.40. The first kappa shape index (κ1) is 14.8. The minimum atomic E-state index is -3.29. The van der Waals surface area contributed by atoms with Crippen molar-refractivity contribution >= 4 is 27.2 Å². The van der Waals surface area contributed by atoms with Gasteiger partial charge in [0, 0.05) is 5.69 Å². The van der Waals surface area contributed by atoms with Crippen LogP contribution in [-0.4, -0.2) is 19.2 Å². The van der Waals surface area contributed by atoms with Crippen molar-refractivity contribution in [2.45, 2.75) is 6.92 Å². The highest BCUT2D eigenvalue weighted by atomic mass is 32.2. The summed E-state index contributed by atoms with van der Waals surface area (Å²) in [6.45, 7) is 1.57. The second-order valence-electron chi connectivity index (χ2n) is 4.25. The van der Waals surface area contributed by atoms with E-state index in [1.54, 1.807) is 43.3 Å². The summed E-state index contributed by atoms with van der Waals surface area (Å²) in [6.07, 6.45) is 1.44. The molecular formula is C14H14N4O2S. The molecule has 21 heavy (non-hydrogen) atoms. The predicted molar refractivity (Wildman–Crippen MR) is 81.8 cm³/mol. The molecule has 1 aromatic carbocycles. The summed E-state index contributed by atoms with van der Waals surface area (Å²) >= 11 is 0. The maximum atomic E-state index is 11.4. The quantitative estimate of drug-likeness (QED) is 0.884. The number of nitrogens with zero attached hydrogens (tertiary/aromatic N) is 2. The van der Waals surface area contributed by atoms with E-state index in [1.807, 2.05) is 6.07 Å². The molecule has 0 radical (unpaired) electrons. The normalized spacial score (nSPS) is 10.7. The van der Waals surface area contributed by atoms with Gasteiger partial charge >= 0.3 is 0 Å². The molecule has 0 fully saturated rings. The molecule has 2 aromatic rings. The van der Waals surface area contributed by atoms with Crippen LogP contribution in [0.2, 0.25) is 0 Å². The van der Waals surface area contributed by atoms with Crippen LogP contribution >= 0.6 is 0 Å². The van der Waals surface area contributed by atoms with Gasteiger partial charge in [-0.25, -0.2) is 13.4 Å². The Balaban J connectivity index is 2.07. The van der Waals surface area contributed by atoms with Crippen LogP contribution in [0.1, 0.15) is 12.5 Å². The van der Waals surface area contributed by atoms with Gasteiger partial charge in [0.2, 0.25) is 10.0 Å². The molecule has 2 rings (SSSR count). The molecule has 0 saturated carbocycles. The lowest BCUT2D eigenvalue weighted by Crippen LogP contribution is -2.14. The maximum Gasteiger partial charge on any atom is 0.232 e. The Labute approximate surface area is 123 Å². The van der Waals surface area contributed by atoms with Gasteiger partial charge in [-0.05, 0) is 43.3 Å². The number of benzene rings is 1. The second-order valence-corrected chi connectivity index (χ2v) is 6.26. The number of nitriles is 1. The third kappa shape index (κ3) is 4.19. The number of anilines is 3. The molecule has 0 aliphatic heterocycles. The zero-order valence-corrected chi connectivity index (χ0v) is 12.2. The number of rotatable bonds is 5. The first-order valence-electron chi connectivity index (χ1n) is 6.26. The molecular weight excluding hydrogens is 288 g/mol. The van der Waals surface area contributed by atoms with E-state index in [0.29, 0.717) is 17.1 Å². The van der Waals surface area contributed by atoms with Gasteiger partial charge in [-0.2, -0.15) is 5.26 Å². The van der Waals surface area contributed by atoms with E-state index in [-0.39, 0.29) is 5.75 Å². The molecule has 2 N–H and O–H groups in total. The lowest BCUT2D eigenvalue weighted by atomic mass is 10.2. The van der Waals surface area contributed by atoms with Crippen molar-refractivity contribution in [1.29, 1.82) is 5.26 Å². The van der Waals surface area contributed by atoms with E-state index >= 15 is 0 Å². The van der Waals surface area contributed by atoms with Gasteiger partial charge in [-0.1, -0.05) is 0 Å². The minimum absolute atomic E-state index is 0.0121. The Morgan fingerprint density at radius 2 is 1.81 bits per heavy atom. The molecule has 0 unspecified atom stereocenters. The molecule has 0 atom stereocenters. The third-order valence-corrected chi connectivity index (χ3v) is 4.01. The molecule has 0 spiro atoms. The molecule has 108 valence electrons. The van der Waals surface area contributed by atoms with Crippen molar-refractivity contribution < 1.29 is 8.42 Å². The molecule has 1 aromatic heterocycles. The van der Waals surface area contributed by atoms with Gasteiger partial charge in [-0.3, -0.25) is 4.72 Å². The smallest absolute Gasteiger partial charge is 0.232 e. The maximum absolute atomic E-state index is 11.4. The first-order chi connectivity index (χ1) is 10.0. The molecule has 7 heteroatoms. The van der Waals surface area contributed by atoms with Crippen molar-refractivity contribution in [2.24, 2.45) is 0 Å². The summed E-state index contributed by atoms with van der Waals surface area (Å²) in [5, 5.41) is 11.8. The predicted octanol–water partition coefficient (Wildman–Crippen LogP) is 2.46. The average molecular weight is 302 g/mol. The van der Waals surface area contributed by atoms with Gasteiger partial charge < -0.3 is 5.32 Å². The first-order valence-corrected chi connectivity index (χ1v) is 7.91. The second kappa shape index (κ2) is 6.24. The fraction of sp³-hybridized carbons (Fsp3) is 0.143. The van der Waals surface area contributed by atoms with Crippen LogP contribution in [0.5, 0.6) is 0 Å². The summed E-state index contributed by atoms with van der Waals surface area (Å²) in [5.74, 6) is 0.595. The molecule has 0 aliphatic rings. The summed E-state index contributed by atoms with van der Waals surface area (Å²) < 4.78 is 25.3. The average Bonchev–Trinajstić information content (AvgIpc) is 2.50. The highest BCUT2D eigenvalue weighted by molar-refractivity contribution is 7.92. The van der Waals surface area contributed by atoms with Crippen molar-refractivity contribution in [3.8, 4) is 6.07 Å². The summed E-state index contributed by atoms with van der Waals surface area (Å²) in [7, 11) is -3.29. The van der Waals surface area contributed by atoms with E-state index < -0.39 is 10.0 Å². The monoisotopic (exact) mass is 302 g/mol. The third-order valence-electron chi connectivity index (χ3n) is 2.70. The van der Waals surface area contributed by atoms with E-state index in [4.69, 9.17) is 5.26 Å². The molecule has 1 heterocycles. The largest absolute Gasteiger partial charge is 0.340 e. The van der Waals surface area contributed by atoms with Crippen LogP contribution in [-0.2, 0) is 10.0 Å². The molecule has 0 aliphatic carbocycles. The van der Waals surface area contributed by atoms with Crippen molar-refractivity contribution in [3.63, 3.8) is 0 Å². The van der Waals surface area contributed by atoms with Gasteiger partial charge in [0.1, 0.15) is 5.82 Å². The number of hydrogen-bond donors (Lipinski definition) is 2. The van der Waals surface area contributed by atoms with Gasteiger partial charge in [0.05, 0.1) is 29.3 Å². The van der Waals surface area contributed by atoms with E-state index in [1.165, 1.54) is 6.20 Å². The fourth-order valence-electron chi connectivity index (χ4n) is 1.56.